The molecule has 2 atom stereocenters. The Balaban J connectivity index is 2.17. The lowest BCUT2D eigenvalue weighted by Gasteiger charge is -2.15. The number of rotatable bonds is 2. The third kappa shape index (κ3) is 1.45. The van der Waals surface area contributed by atoms with Crippen LogP contribution in [0.5, 0.6) is 0 Å². The zero-order valence-corrected chi connectivity index (χ0v) is 7.68. The summed E-state index contributed by atoms with van der Waals surface area (Å²) in [6, 6.07) is 5.59. The summed E-state index contributed by atoms with van der Waals surface area (Å²) in [6.07, 6.45) is 4.43. The number of hydrogen-bond donors (Lipinski definition) is 1. The molecule has 0 radical (unpaired) electrons. The summed E-state index contributed by atoms with van der Waals surface area (Å²) < 4.78 is 5.11. The van der Waals surface area contributed by atoms with Crippen LogP contribution >= 0.6 is 0 Å². The Morgan fingerprint density at radius 2 is 2.50 bits per heavy atom. The molecule has 0 amide bonds. The molecule has 1 aromatic rings. The van der Waals surface area contributed by atoms with E-state index in [4.69, 9.17) is 9.68 Å². The number of nitriles is 1. The van der Waals surface area contributed by atoms with Crippen LogP contribution in [0, 0.1) is 17.2 Å². The predicted molar refractivity (Wildman–Crippen MR) is 50.1 cm³/mol. The molecule has 0 aliphatic heterocycles. The zero-order valence-electron chi connectivity index (χ0n) is 7.68. The minimum absolute atomic E-state index is 0.0915. The van der Waals surface area contributed by atoms with Gasteiger partial charge in [0.1, 0.15) is 11.9 Å². The third-order valence-corrected chi connectivity index (χ3v) is 2.59. The molecular formula is C11H11NO2. The average molecular weight is 189 g/mol. The first kappa shape index (κ1) is 9.04. The van der Waals surface area contributed by atoms with E-state index >= 15 is 0 Å². The van der Waals surface area contributed by atoms with Gasteiger partial charge in [0.25, 0.3) is 0 Å². The molecule has 14 heavy (non-hydrogen) atoms. The number of furan rings is 1. The average Bonchev–Trinajstić information content (AvgIpc) is 2.87. The van der Waals surface area contributed by atoms with E-state index < -0.39 is 6.10 Å². The summed E-state index contributed by atoms with van der Waals surface area (Å²) in [5, 5.41) is 18.7. The first-order valence-electron chi connectivity index (χ1n) is 4.64. The minimum atomic E-state index is -0.682. The molecule has 72 valence electrons. The normalized spacial score (nSPS) is 22.9. The molecule has 0 saturated carbocycles. The van der Waals surface area contributed by atoms with Crippen molar-refractivity contribution in [3.05, 3.63) is 35.8 Å². The molecule has 3 nitrogen and oxygen atoms in total. The van der Waals surface area contributed by atoms with Gasteiger partial charge in [-0.3, -0.25) is 0 Å². The summed E-state index contributed by atoms with van der Waals surface area (Å²) in [6.45, 7) is 0. The second kappa shape index (κ2) is 3.69. The van der Waals surface area contributed by atoms with Gasteiger partial charge < -0.3 is 9.52 Å². The van der Waals surface area contributed by atoms with Crippen LogP contribution < -0.4 is 0 Å². The molecule has 0 saturated heterocycles. The van der Waals surface area contributed by atoms with Gasteiger partial charge in [-0.05, 0) is 25.0 Å². The summed E-state index contributed by atoms with van der Waals surface area (Å²) in [7, 11) is 0. The highest BCUT2D eigenvalue weighted by molar-refractivity contribution is 5.29. The lowest BCUT2D eigenvalue weighted by Crippen LogP contribution is -2.10. The Labute approximate surface area is 82.3 Å². The Kier molecular flexibility index (Phi) is 2.38. The molecule has 1 heterocycles. The number of aliphatic hydroxyl groups is 1. The number of allylic oxidation sites excluding steroid dienone is 1. The van der Waals surface area contributed by atoms with Crippen molar-refractivity contribution in [1.82, 2.24) is 0 Å². The fraction of sp³-hybridized carbons (Fsp3) is 0.364. The quantitative estimate of drug-likeness (QED) is 0.775. The highest BCUT2D eigenvalue weighted by Gasteiger charge is 2.29. The third-order valence-electron chi connectivity index (χ3n) is 2.59. The van der Waals surface area contributed by atoms with E-state index in [0.29, 0.717) is 11.3 Å². The Morgan fingerprint density at radius 3 is 3.14 bits per heavy atom. The molecule has 1 aliphatic carbocycles. The maximum Gasteiger partial charge on any atom is 0.132 e. The summed E-state index contributed by atoms with van der Waals surface area (Å²) in [5.74, 6) is 0.448. The van der Waals surface area contributed by atoms with Gasteiger partial charge in [-0.2, -0.15) is 5.26 Å². The van der Waals surface area contributed by atoms with Crippen molar-refractivity contribution in [1.29, 1.82) is 5.26 Å². The summed E-state index contributed by atoms with van der Waals surface area (Å²) >= 11 is 0. The molecule has 1 aromatic heterocycles. The SMILES string of the molecule is N#CC1=CCCC1C(O)c1ccco1. The van der Waals surface area contributed by atoms with Crippen LogP contribution in [0.1, 0.15) is 24.7 Å². The maximum absolute atomic E-state index is 9.93. The van der Waals surface area contributed by atoms with E-state index in [1.165, 1.54) is 6.26 Å². The van der Waals surface area contributed by atoms with E-state index in [0.717, 1.165) is 12.8 Å². The number of hydrogen-bond acceptors (Lipinski definition) is 3. The minimum Gasteiger partial charge on any atom is -0.467 e. The molecule has 2 unspecified atom stereocenters. The fourth-order valence-corrected chi connectivity index (χ4v) is 1.84. The lowest BCUT2D eigenvalue weighted by molar-refractivity contribution is 0.104. The van der Waals surface area contributed by atoms with Crippen molar-refractivity contribution in [2.45, 2.75) is 18.9 Å². The first-order chi connectivity index (χ1) is 6.83. The van der Waals surface area contributed by atoms with Crippen LogP contribution in [0.4, 0.5) is 0 Å². The molecule has 3 heteroatoms. The standard InChI is InChI=1S/C11H11NO2/c12-7-8-3-1-4-9(8)11(13)10-5-2-6-14-10/h2-3,5-6,9,11,13H,1,4H2. The Bertz CT molecular complexity index is 372. The van der Waals surface area contributed by atoms with E-state index in [1.54, 1.807) is 12.1 Å². The van der Waals surface area contributed by atoms with Crippen molar-refractivity contribution in [2.75, 3.05) is 0 Å². The van der Waals surface area contributed by atoms with E-state index in [1.807, 2.05) is 6.08 Å². The van der Waals surface area contributed by atoms with Crippen molar-refractivity contribution in [3.63, 3.8) is 0 Å². The number of aliphatic hydroxyl groups excluding tert-OH is 1. The van der Waals surface area contributed by atoms with Gasteiger partial charge in [-0.1, -0.05) is 6.08 Å². The predicted octanol–water partition coefficient (Wildman–Crippen LogP) is 2.17. The van der Waals surface area contributed by atoms with Crippen molar-refractivity contribution in [2.24, 2.45) is 5.92 Å². The Hall–Kier alpha value is -1.53. The Morgan fingerprint density at radius 1 is 1.64 bits per heavy atom. The molecule has 0 aromatic carbocycles. The van der Waals surface area contributed by atoms with Gasteiger partial charge in [-0.25, -0.2) is 0 Å². The van der Waals surface area contributed by atoms with Crippen molar-refractivity contribution >= 4 is 0 Å². The van der Waals surface area contributed by atoms with Gasteiger partial charge in [0, 0.05) is 11.5 Å². The topological polar surface area (TPSA) is 57.2 Å². The summed E-state index contributed by atoms with van der Waals surface area (Å²) in [4.78, 5) is 0. The largest absolute Gasteiger partial charge is 0.467 e. The summed E-state index contributed by atoms with van der Waals surface area (Å²) in [5.41, 5.74) is 0.675. The second-order valence-electron chi connectivity index (χ2n) is 3.42. The van der Waals surface area contributed by atoms with Gasteiger partial charge in [0.05, 0.1) is 12.3 Å². The van der Waals surface area contributed by atoms with Crippen LogP contribution in [0.2, 0.25) is 0 Å². The zero-order chi connectivity index (χ0) is 9.97. The van der Waals surface area contributed by atoms with Crippen molar-refractivity contribution < 1.29 is 9.52 Å². The second-order valence-corrected chi connectivity index (χ2v) is 3.42. The van der Waals surface area contributed by atoms with Crippen LogP contribution in [0.25, 0.3) is 0 Å². The molecule has 0 fully saturated rings. The maximum atomic E-state index is 9.93. The molecule has 1 N–H and O–H groups in total. The van der Waals surface area contributed by atoms with Gasteiger partial charge >= 0.3 is 0 Å². The first-order valence-corrected chi connectivity index (χ1v) is 4.64. The monoisotopic (exact) mass is 189 g/mol. The molecular weight excluding hydrogens is 178 g/mol. The number of nitrogens with zero attached hydrogens (tertiary/aromatic N) is 1. The van der Waals surface area contributed by atoms with Crippen molar-refractivity contribution in [3.8, 4) is 6.07 Å². The van der Waals surface area contributed by atoms with Gasteiger partial charge in [0.15, 0.2) is 0 Å². The molecule has 0 bridgehead atoms. The lowest BCUT2D eigenvalue weighted by atomic mass is 9.94. The molecule has 2 rings (SSSR count). The van der Waals surface area contributed by atoms with E-state index in [9.17, 15) is 5.11 Å². The van der Waals surface area contributed by atoms with E-state index in [2.05, 4.69) is 6.07 Å². The highest BCUT2D eigenvalue weighted by atomic mass is 16.4. The smallest absolute Gasteiger partial charge is 0.132 e. The van der Waals surface area contributed by atoms with Crippen LogP contribution in [0.15, 0.2) is 34.5 Å². The van der Waals surface area contributed by atoms with Crippen LogP contribution in [-0.2, 0) is 0 Å². The molecule has 0 spiro atoms. The van der Waals surface area contributed by atoms with Crippen LogP contribution in [-0.4, -0.2) is 5.11 Å². The van der Waals surface area contributed by atoms with Crippen LogP contribution in [0.3, 0.4) is 0 Å². The fourth-order valence-electron chi connectivity index (χ4n) is 1.84. The molecule has 1 aliphatic rings. The van der Waals surface area contributed by atoms with E-state index in [-0.39, 0.29) is 5.92 Å². The van der Waals surface area contributed by atoms with Gasteiger partial charge in [0.2, 0.25) is 0 Å². The van der Waals surface area contributed by atoms with Gasteiger partial charge in [-0.15, -0.1) is 0 Å². The highest BCUT2D eigenvalue weighted by Crippen LogP contribution is 2.36.